The first-order valence-corrected chi connectivity index (χ1v) is 12.6. The lowest BCUT2D eigenvalue weighted by molar-refractivity contribution is -0.117. The highest BCUT2D eigenvalue weighted by atomic mass is 32.2. The van der Waals surface area contributed by atoms with Gasteiger partial charge in [0.15, 0.2) is 0 Å². The van der Waals surface area contributed by atoms with Crippen molar-refractivity contribution in [3.05, 3.63) is 53.6 Å². The van der Waals surface area contributed by atoms with E-state index >= 15 is 0 Å². The van der Waals surface area contributed by atoms with Crippen molar-refractivity contribution in [3.8, 4) is 0 Å². The summed E-state index contributed by atoms with van der Waals surface area (Å²) in [6.45, 7) is 3.42. The molecule has 2 aromatic carbocycles. The van der Waals surface area contributed by atoms with Gasteiger partial charge in [0.05, 0.1) is 18.1 Å². The number of sulfonamides is 1. The van der Waals surface area contributed by atoms with Crippen LogP contribution >= 0.6 is 0 Å². The zero-order valence-electron chi connectivity index (χ0n) is 18.7. The maximum atomic E-state index is 12.7. The number of hydrogen-bond acceptors (Lipinski definition) is 5. The minimum atomic E-state index is -3.53. The largest absolute Gasteiger partial charge is 0.379 e. The number of nitrogens with one attached hydrogen (secondary N) is 2. The van der Waals surface area contributed by atoms with Crippen LogP contribution in [0.25, 0.3) is 0 Å². The summed E-state index contributed by atoms with van der Waals surface area (Å²) in [5.74, 6) is -0.0106. The number of carbonyl (C=O) groups is 2. The van der Waals surface area contributed by atoms with Crippen molar-refractivity contribution >= 4 is 33.2 Å². The highest BCUT2D eigenvalue weighted by molar-refractivity contribution is 7.89. The molecule has 0 aromatic heterocycles. The Labute approximate surface area is 194 Å². The fourth-order valence-corrected chi connectivity index (χ4v) is 5.07. The van der Waals surface area contributed by atoms with Gasteiger partial charge in [-0.25, -0.2) is 8.42 Å². The molecule has 9 heteroatoms. The van der Waals surface area contributed by atoms with Gasteiger partial charge in [-0.05, 0) is 61.6 Å². The van der Waals surface area contributed by atoms with Crippen LogP contribution in [0.15, 0.2) is 47.4 Å². The summed E-state index contributed by atoms with van der Waals surface area (Å²) in [7, 11) is -3.53. The minimum absolute atomic E-state index is 0.0233. The summed E-state index contributed by atoms with van der Waals surface area (Å²) in [6.07, 6.45) is 2.61. The van der Waals surface area contributed by atoms with Crippen molar-refractivity contribution in [2.24, 2.45) is 5.92 Å². The molecule has 1 saturated heterocycles. The lowest BCUT2D eigenvalue weighted by atomic mass is 10.1. The van der Waals surface area contributed by atoms with Crippen LogP contribution in [0.3, 0.4) is 0 Å². The SMILES string of the molecule is Cc1ccc(NC(=O)C2CC2)cc1NC(=O)CCc1ccc(S(=O)(=O)N2CCOCC2)cc1. The van der Waals surface area contributed by atoms with Gasteiger partial charge in [-0.3, -0.25) is 9.59 Å². The molecule has 0 atom stereocenters. The van der Waals surface area contributed by atoms with Crippen molar-refractivity contribution < 1.29 is 22.7 Å². The van der Waals surface area contributed by atoms with Crippen molar-refractivity contribution in [3.63, 3.8) is 0 Å². The molecule has 2 N–H and O–H groups in total. The molecule has 0 spiro atoms. The van der Waals surface area contributed by atoms with Gasteiger partial charge in [-0.2, -0.15) is 4.31 Å². The van der Waals surface area contributed by atoms with Crippen molar-refractivity contribution in [1.82, 2.24) is 4.31 Å². The van der Waals surface area contributed by atoms with Crippen LogP contribution < -0.4 is 10.6 Å². The molecule has 0 bridgehead atoms. The first-order chi connectivity index (χ1) is 15.8. The summed E-state index contributed by atoms with van der Waals surface area (Å²) < 4.78 is 32.1. The topological polar surface area (TPSA) is 105 Å². The molecule has 0 radical (unpaired) electrons. The summed E-state index contributed by atoms with van der Waals surface area (Å²) >= 11 is 0. The van der Waals surface area contributed by atoms with E-state index in [0.717, 1.165) is 24.0 Å². The zero-order valence-corrected chi connectivity index (χ0v) is 19.5. The molecule has 0 unspecified atom stereocenters. The summed E-state index contributed by atoms with van der Waals surface area (Å²) in [6, 6.07) is 12.2. The average molecular weight is 472 g/mol. The van der Waals surface area contributed by atoms with E-state index in [1.54, 1.807) is 30.3 Å². The highest BCUT2D eigenvalue weighted by Gasteiger charge is 2.29. The fraction of sp³-hybridized carbons (Fsp3) is 0.417. The van der Waals surface area contributed by atoms with E-state index in [4.69, 9.17) is 4.74 Å². The number of carbonyl (C=O) groups excluding carboxylic acids is 2. The Balaban J connectivity index is 1.32. The first kappa shape index (κ1) is 23.4. The lowest BCUT2D eigenvalue weighted by Gasteiger charge is -2.26. The van der Waals surface area contributed by atoms with Gasteiger partial charge in [0.1, 0.15) is 0 Å². The molecule has 2 aromatic rings. The fourth-order valence-electron chi connectivity index (χ4n) is 3.66. The van der Waals surface area contributed by atoms with Gasteiger partial charge in [0.25, 0.3) is 0 Å². The molecule has 1 heterocycles. The van der Waals surface area contributed by atoms with E-state index in [1.165, 1.54) is 4.31 Å². The molecular weight excluding hydrogens is 442 g/mol. The predicted octanol–water partition coefficient (Wildman–Crippen LogP) is 2.94. The quantitative estimate of drug-likeness (QED) is 0.616. The van der Waals surface area contributed by atoms with E-state index in [-0.39, 0.29) is 29.0 Å². The molecule has 8 nitrogen and oxygen atoms in total. The Hall–Kier alpha value is -2.75. The Bertz CT molecular complexity index is 1120. The van der Waals surface area contributed by atoms with Crippen molar-refractivity contribution in [2.75, 3.05) is 36.9 Å². The number of aryl methyl sites for hydroxylation is 2. The van der Waals surface area contributed by atoms with Crippen LogP contribution in [0, 0.1) is 12.8 Å². The van der Waals surface area contributed by atoms with Crippen LogP contribution in [0.2, 0.25) is 0 Å². The highest BCUT2D eigenvalue weighted by Crippen LogP contribution is 2.31. The molecule has 2 aliphatic rings. The molecule has 1 aliphatic carbocycles. The zero-order chi connectivity index (χ0) is 23.4. The van der Waals surface area contributed by atoms with E-state index in [0.29, 0.717) is 44.1 Å². The van der Waals surface area contributed by atoms with Gasteiger partial charge >= 0.3 is 0 Å². The number of ether oxygens (including phenoxy) is 1. The second-order valence-corrected chi connectivity index (χ2v) is 10.4. The van der Waals surface area contributed by atoms with Crippen LogP contribution in [-0.2, 0) is 30.8 Å². The summed E-state index contributed by atoms with van der Waals surface area (Å²) in [5, 5.41) is 5.81. The Kier molecular flexibility index (Phi) is 7.11. The molecule has 1 aliphatic heterocycles. The van der Waals surface area contributed by atoms with Gasteiger partial charge in [-0.1, -0.05) is 18.2 Å². The maximum absolute atomic E-state index is 12.7. The van der Waals surface area contributed by atoms with E-state index < -0.39 is 10.0 Å². The second kappa shape index (κ2) is 10.0. The van der Waals surface area contributed by atoms with Crippen molar-refractivity contribution in [2.45, 2.75) is 37.5 Å². The number of rotatable bonds is 8. The third-order valence-electron chi connectivity index (χ3n) is 5.90. The maximum Gasteiger partial charge on any atom is 0.243 e. The molecule has 2 fully saturated rings. The van der Waals surface area contributed by atoms with Gasteiger partial charge in [-0.15, -0.1) is 0 Å². The summed E-state index contributed by atoms with van der Waals surface area (Å²) in [5.41, 5.74) is 3.13. The predicted molar refractivity (Wildman–Crippen MR) is 126 cm³/mol. The standard InChI is InChI=1S/C24H29N3O5S/c1-17-2-8-20(25-24(29)19-6-7-19)16-22(17)26-23(28)11-5-18-3-9-21(10-4-18)33(30,31)27-12-14-32-15-13-27/h2-4,8-10,16,19H,5-7,11-15H2,1H3,(H,25,29)(H,26,28). The number of hydrogen-bond donors (Lipinski definition) is 2. The van der Waals surface area contributed by atoms with Gasteiger partial charge < -0.3 is 15.4 Å². The Morgan fingerprint density at radius 3 is 2.39 bits per heavy atom. The lowest BCUT2D eigenvalue weighted by Crippen LogP contribution is -2.40. The number of amides is 2. The molecule has 4 rings (SSSR count). The minimum Gasteiger partial charge on any atom is -0.379 e. The second-order valence-electron chi connectivity index (χ2n) is 8.50. The first-order valence-electron chi connectivity index (χ1n) is 11.2. The van der Waals surface area contributed by atoms with E-state index in [2.05, 4.69) is 10.6 Å². The van der Waals surface area contributed by atoms with Crippen LogP contribution in [0.1, 0.15) is 30.4 Å². The molecular formula is C24H29N3O5S. The Morgan fingerprint density at radius 2 is 1.73 bits per heavy atom. The molecule has 33 heavy (non-hydrogen) atoms. The van der Waals surface area contributed by atoms with Gasteiger partial charge in [0, 0.05) is 36.8 Å². The normalized spacial score (nSPS) is 16.9. The number of anilines is 2. The Morgan fingerprint density at radius 1 is 1.03 bits per heavy atom. The van der Waals surface area contributed by atoms with Crippen LogP contribution in [0.4, 0.5) is 11.4 Å². The number of morpholine rings is 1. The smallest absolute Gasteiger partial charge is 0.243 e. The summed E-state index contributed by atoms with van der Waals surface area (Å²) in [4.78, 5) is 24.7. The number of benzene rings is 2. The molecule has 1 saturated carbocycles. The third kappa shape index (κ3) is 5.98. The third-order valence-corrected chi connectivity index (χ3v) is 7.81. The van der Waals surface area contributed by atoms with Gasteiger partial charge in [0.2, 0.25) is 21.8 Å². The molecule has 2 amide bonds. The number of nitrogens with zero attached hydrogens (tertiary/aromatic N) is 1. The van der Waals surface area contributed by atoms with Crippen LogP contribution in [0.5, 0.6) is 0 Å². The van der Waals surface area contributed by atoms with Crippen molar-refractivity contribution in [1.29, 1.82) is 0 Å². The molecule has 176 valence electrons. The van der Waals surface area contributed by atoms with E-state index in [1.807, 2.05) is 19.1 Å². The van der Waals surface area contributed by atoms with Crippen LogP contribution in [-0.4, -0.2) is 50.8 Å². The monoisotopic (exact) mass is 471 g/mol. The van der Waals surface area contributed by atoms with E-state index in [9.17, 15) is 18.0 Å². The average Bonchev–Trinajstić information content (AvgIpc) is 3.66.